The number of nitro benzene ring substituents is 1. The van der Waals surface area contributed by atoms with Gasteiger partial charge in [-0.05, 0) is 6.07 Å². The summed E-state index contributed by atoms with van der Waals surface area (Å²) in [6, 6.07) is -1.18. The van der Waals surface area contributed by atoms with Crippen molar-refractivity contribution in [3.8, 4) is 0 Å². The Labute approximate surface area is 125 Å². The minimum Gasteiger partial charge on any atom is -0.312 e. The summed E-state index contributed by atoms with van der Waals surface area (Å²) in [5.41, 5.74) is -8.43. The van der Waals surface area contributed by atoms with E-state index in [4.69, 9.17) is 0 Å². The molecule has 1 aromatic carbocycles. The van der Waals surface area contributed by atoms with Crippen molar-refractivity contribution in [2.75, 3.05) is 5.32 Å². The van der Waals surface area contributed by atoms with E-state index in [9.17, 15) is 54.4 Å². The van der Waals surface area contributed by atoms with Gasteiger partial charge >= 0.3 is 24.4 Å². The number of benzene rings is 1. The third kappa shape index (κ3) is 4.26. The van der Waals surface area contributed by atoms with Crippen LogP contribution in [0.5, 0.6) is 0 Å². The molecular weight excluding hydrogens is 367 g/mol. The molecule has 1 amide bonds. The van der Waals surface area contributed by atoms with Crippen molar-refractivity contribution >= 4 is 17.3 Å². The average Bonchev–Trinajstić information content (AvgIpc) is 2.34. The maximum atomic E-state index is 12.7. The van der Waals surface area contributed by atoms with E-state index < -0.39 is 64.0 Å². The van der Waals surface area contributed by atoms with E-state index in [1.807, 2.05) is 0 Å². The van der Waals surface area contributed by atoms with E-state index in [0.717, 1.165) is 5.32 Å². The summed E-state index contributed by atoms with van der Waals surface area (Å²) >= 11 is 0. The van der Waals surface area contributed by atoms with Crippen molar-refractivity contribution in [1.29, 1.82) is 0 Å². The number of anilines is 1. The largest absolute Gasteiger partial charge is 0.471 e. The van der Waals surface area contributed by atoms with Gasteiger partial charge in [0.1, 0.15) is 5.69 Å². The van der Waals surface area contributed by atoms with Crippen LogP contribution in [0.15, 0.2) is 12.1 Å². The van der Waals surface area contributed by atoms with Crippen LogP contribution in [-0.4, -0.2) is 17.0 Å². The van der Waals surface area contributed by atoms with Gasteiger partial charge in [0.25, 0.3) is 5.69 Å². The minimum atomic E-state index is -5.70. The number of hydrogen-bond acceptors (Lipinski definition) is 3. The number of amides is 1. The first-order valence-corrected chi connectivity index (χ1v) is 5.40. The third-order valence-corrected chi connectivity index (χ3v) is 2.45. The highest BCUT2D eigenvalue weighted by molar-refractivity contribution is 5.97. The highest BCUT2D eigenvalue weighted by Crippen LogP contribution is 2.44. The van der Waals surface area contributed by atoms with Crippen molar-refractivity contribution in [3.63, 3.8) is 0 Å². The molecule has 1 N–H and O–H groups in total. The molecule has 0 aliphatic heterocycles. The summed E-state index contributed by atoms with van der Waals surface area (Å²) in [5, 5.41) is 11.4. The average molecular weight is 370 g/mol. The Morgan fingerprint density at radius 1 is 0.917 bits per heavy atom. The van der Waals surface area contributed by atoms with E-state index in [1.54, 1.807) is 0 Å². The first-order chi connectivity index (χ1) is 10.5. The van der Waals surface area contributed by atoms with Crippen molar-refractivity contribution in [2.24, 2.45) is 0 Å². The van der Waals surface area contributed by atoms with Gasteiger partial charge in [-0.25, -0.2) is 0 Å². The van der Waals surface area contributed by atoms with Gasteiger partial charge in [0.2, 0.25) is 0 Å². The lowest BCUT2D eigenvalue weighted by atomic mass is 10.0. The summed E-state index contributed by atoms with van der Waals surface area (Å²) in [6.07, 6.45) is -17.0. The second-order valence-electron chi connectivity index (χ2n) is 4.12. The zero-order valence-corrected chi connectivity index (χ0v) is 10.7. The molecule has 0 aromatic heterocycles. The molecule has 14 heteroatoms. The van der Waals surface area contributed by atoms with Gasteiger partial charge in [0.15, 0.2) is 0 Å². The number of nitrogens with one attached hydrogen (secondary N) is 1. The fraction of sp³-hybridized carbons (Fsp3) is 0.300. The maximum Gasteiger partial charge on any atom is 0.471 e. The van der Waals surface area contributed by atoms with Crippen molar-refractivity contribution in [2.45, 2.75) is 18.5 Å². The molecule has 0 aliphatic rings. The number of hydrogen-bond donors (Lipinski definition) is 1. The maximum absolute atomic E-state index is 12.7. The van der Waals surface area contributed by atoms with E-state index >= 15 is 0 Å². The van der Waals surface area contributed by atoms with Crippen LogP contribution in [0.1, 0.15) is 11.1 Å². The molecule has 0 radical (unpaired) electrons. The fourth-order valence-corrected chi connectivity index (χ4v) is 1.50. The number of rotatable bonds is 2. The standard InChI is InChI=1S/C10H3F9N2O3/c11-8(12,13)3-1-5(20-7(22)10(17,18)19)6(21(23)24)2-4(3)9(14,15)16/h1-2H,(H,20,22). The van der Waals surface area contributed by atoms with Crippen LogP contribution < -0.4 is 5.32 Å². The van der Waals surface area contributed by atoms with Gasteiger partial charge in [0.05, 0.1) is 16.1 Å². The summed E-state index contributed by atoms with van der Waals surface area (Å²) < 4.78 is 112. The lowest BCUT2D eigenvalue weighted by Crippen LogP contribution is -2.30. The smallest absolute Gasteiger partial charge is 0.312 e. The third-order valence-electron chi connectivity index (χ3n) is 2.45. The van der Waals surface area contributed by atoms with Gasteiger partial charge in [-0.3, -0.25) is 14.9 Å². The SMILES string of the molecule is O=C(Nc1cc(C(F)(F)F)c(C(F)(F)F)cc1[N+](=O)[O-])C(F)(F)F. The Morgan fingerprint density at radius 2 is 1.33 bits per heavy atom. The number of carbonyl (C=O) groups excluding carboxylic acids is 1. The van der Waals surface area contributed by atoms with Crippen LogP contribution in [0.2, 0.25) is 0 Å². The van der Waals surface area contributed by atoms with E-state index in [-0.39, 0.29) is 0 Å². The molecular formula is C10H3F9N2O3. The van der Waals surface area contributed by atoms with Crippen LogP contribution in [0.4, 0.5) is 50.9 Å². The number of carbonyl (C=O) groups is 1. The summed E-state index contributed by atoms with van der Waals surface area (Å²) in [4.78, 5) is 19.6. The first kappa shape index (κ1) is 19.5. The molecule has 0 saturated heterocycles. The Bertz CT molecular complexity index is 676. The van der Waals surface area contributed by atoms with E-state index in [1.165, 1.54) is 0 Å². The fourth-order valence-electron chi connectivity index (χ4n) is 1.50. The quantitative estimate of drug-likeness (QED) is 0.483. The Morgan fingerprint density at radius 3 is 1.67 bits per heavy atom. The molecule has 1 aromatic rings. The van der Waals surface area contributed by atoms with Gasteiger partial charge in [-0.1, -0.05) is 0 Å². The Kier molecular flexibility index (Phi) is 4.74. The summed E-state index contributed by atoms with van der Waals surface area (Å²) in [6.45, 7) is 0. The molecule has 1 rings (SSSR count). The number of alkyl halides is 9. The summed E-state index contributed by atoms with van der Waals surface area (Å²) in [7, 11) is 0. The van der Waals surface area contributed by atoms with Crippen LogP contribution >= 0.6 is 0 Å². The molecule has 0 spiro atoms. The predicted molar refractivity (Wildman–Crippen MR) is 57.8 cm³/mol. The normalized spacial score (nSPS) is 12.9. The molecule has 0 heterocycles. The number of nitro groups is 1. The zero-order valence-electron chi connectivity index (χ0n) is 10.7. The zero-order chi connectivity index (χ0) is 19.1. The highest BCUT2D eigenvalue weighted by atomic mass is 19.4. The second-order valence-corrected chi connectivity index (χ2v) is 4.12. The Balaban J connectivity index is 3.65. The molecule has 134 valence electrons. The molecule has 0 unspecified atom stereocenters. The molecule has 0 saturated carbocycles. The number of nitrogens with zero attached hydrogens (tertiary/aromatic N) is 1. The molecule has 0 atom stereocenters. The van der Waals surface area contributed by atoms with Crippen molar-refractivity contribution in [1.82, 2.24) is 0 Å². The number of halogens is 9. The van der Waals surface area contributed by atoms with Gasteiger partial charge < -0.3 is 5.32 Å². The first-order valence-electron chi connectivity index (χ1n) is 5.40. The molecule has 0 aliphatic carbocycles. The van der Waals surface area contributed by atoms with Crippen molar-refractivity contribution in [3.05, 3.63) is 33.4 Å². The molecule has 24 heavy (non-hydrogen) atoms. The lowest BCUT2D eigenvalue weighted by molar-refractivity contribution is -0.384. The highest BCUT2D eigenvalue weighted by Gasteiger charge is 2.46. The van der Waals surface area contributed by atoms with Gasteiger partial charge in [-0.15, -0.1) is 0 Å². The molecule has 0 bridgehead atoms. The molecule has 0 fully saturated rings. The van der Waals surface area contributed by atoms with Crippen LogP contribution in [0.25, 0.3) is 0 Å². The monoisotopic (exact) mass is 370 g/mol. The Hall–Kier alpha value is -2.54. The second kappa shape index (κ2) is 5.83. The van der Waals surface area contributed by atoms with Crippen LogP contribution in [-0.2, 0) is 17.1 Å². The lowest BCUT2D eigenvalue weighted by Gasteiger charge is -2.17. The topological polar surface area (TPSA) is 72.2 Å². The minimum absolute atomic E-state index is 0.579. The predicted octanol–water partition coefficient (Wildman–Crippen LogP) is 4.13. The van der Waals surface area contributed by atoms with Crippen molar-refractivity contribution < 1.29 is 49.2 Å². The van der Waals surface area contributed by atoms with Gasteiger partial charge in [0, 0.05) is 6.07 Å². The van der Waals surface area contributed by atoms with E-state index in [0.29, 0.717) is 0 Å². The van der Waals surface area contributed by atoms with Gasteiger partial charge in [-0.2, -0.15) is 39.5 Å². The van der Waals surface area contributed by atoms with Crippen LogP contribution in [0, 0.1) is 10.1 Å². The van der Waals surface area contributed by atoms with Crippen LogP contribution in [0.3, 0.4) is 0 Å². The summed E-state index contributed by atoms with van der Waals surface area (Å²) in [5.74, 6) is -2.89. The van der Waals surface area contributed by atoms with E-state index in [2.05, 4.69) is 0 Å². The molecule has 5 nitrogen and oxygen atoms in total.